The Morgan fingerprint density at radius 1 is 1.26 bits per heavy atom. The van der Waals surface area contributed by atoms with Crippen molar-refractivity contribution in [1.82, 2.24) is 4.98 Å². The summed E-state index contributed by atoms with van der Waals surface area (Å²) in [7, 11) is 1.34. The normalized spacial score (nSPS) is 11.2. The second kappa shape index (κ2) is 5.96. The Morgan fingerprint density at radius 3 is 2.87 bits per heavy atom. The Morgan fingerprint density at radius 2 is 2.09 bits per heavy atom. The molecular formula is C18H16N2O3. The van der Waals surface area contributed by atoms with Crippen LogP contribution in [0.1, 0.15) is 21.5 Å². The largest absolute Gasteiger partial charge is 0.494 e. The number of hydrogen-bond donors (Lipinski definition) is 2. The van der Waals surface area contributed by atoms with Gasteiger partial charge in [0, 0.05) is 17.1 Å². The number of aliphatic imine (C=N–C) groups is 1. The zero-order valence-electron chi connectivity index (χ0n) is 12.8. The first-order valence-electron chi connectivity index (χ1n) is 7.12. The molecule has 0 saturated heterocycles. The number of aromatic hydroxyl groups is 1. The Labute approximate surface area is 133 Å². The second-order valence-electron chi connectivity index (χ2n) is 5.24. The zero-order chi connectivity index (χ0) is 16.4. The highest BCUT2D eigenvalue weighted by atomic mass is 16.5. The molecule has 0 spiro atoms. The van der Waals surface area contributed by atoms with Crippen LogP contribution in [0, 0.1) is 6.92 Å². The van der Waals surface area contributed by atoms with E-state index in [-0.39, 0.29) is 5.88 Å². The fourth-order valence-electron chi connectivity index (χ4n) is 2.42. The topological polar surface area (TPSA) is 74.7 Å². The lowest BCUT2D eigenvalue weighted by Gasteiger charge is -2.00. The van der Waals surface area contributed by atoms with E-state index in [9.17, 15) is 9.90 Å². The summed E-state index contributed by atoms with van der Waals surface area (Å²) in [5.74, 6) is -0.342. The number of nitrogens with one attached hydrogen (secondary N) is 1. The van der Waals surface area contributed by atoms with Crippen LogP contribution in [0.3, 0.4) is 0 Å². The molecule has 3 rings (SSSR count). The van der Waals surface area contributed by atoms with Gasteiger partial charge >= 0.3 is 5.97 Å². The van der Waals surface area contributed by atoms with Gasteiger partial charge in [0.15, 0.2) is 5.88 Å². The third kappa shape index (κ3) is 2.94. The molecule has 0 saturated carbocycles. The number of hydrogen-bond acceptors (Lipinski definition) is 4. The summed E-state index contributed by atoms with van der Waals surface area (Å²) in [4.78, 5) is 18.8. The number of fused-ring (bicyclic) bond motifs is 1. The Kier molecular flexibility index (Phi) is 3.85. The highest BCUT2D eigenvalue weighted by molar-refractivity contribution is 6.02. The van der Waals surface area contributed by atoms with Crippen molar-refractivity contribution in [2.24, 2.45) is 4.99 Å². The van der Waals surface area contributed by atoms with Crippen molar-refractivity contribution in [2.45, 2.75) is 6.92 Å². The summed E-state index contributed by atoms with van der Waals surface area (Å²) in [6, 6.07) is 12.7. The van der Waals surface area contributed by atoms with E-state index in [1.165, 1.54) is 7.11 Å². The first kappa shape index (κ1) is 14.8. The summed E-state index contributed by atoms with van der Waals surface area (Å²) < 4.78 is 4.69. The van der Waals surface area contributed by atoms with Crippen molar-refractivity contribution in [3.8, 4) is 5.88 Å². The molecule has 1 heterocycles. The minimum atomic E-state index is -0.410. The number of aromatic amines is 1. The maximum absolute atomic E-state index is 11.5. The molecule has 0 aliphatic carbocycles. The van der Waals surface area contributed by atoms with Gasteiger partial charge in [-0.1, -0.05) is 18.2 Å². The van der Waals surface area contributed by atoms with E-state index in [1.807, 2.05) is 25.1 Å². The Hall–Kier alpha value is -3.08. The fourth-order valence-corrected chi connectivity index (χ4v) is 2.42. The molecule has 0 amide bonds. The van der Waals surface area contributed by atoms with Gasteiger partial charge in [0.25, 0.3) is 0 Å². The van der Waals surface area contributed by atoms with Crippen LogP contribution in [0.25, 0.3) is 10.9 Å². The van der Waals surface area contributed by atoms with E-state index in [4.69, 9.17) is 4.74 Å². The van der Waals surface area contributed by atoms with E-state index >= 15 is 0 Å². The molecule has 0 aliphatic heterocycles. The second-order valence-corrected chi connectivity index (χ2v) is 5.24. The van der Waals surface area contributed by atoms with Crippen LogP contribution in [0.15, 0.2) is 47.5 Å². The Bertz CT molecular complexity index is 910. The minimum absolute atomic E-state index is 0.0680. The van der Waals surface area contributed by atoms with E-state index < -0.39 is 5.97 Å². The first-order chi connectivity index (χ1) is 11.1. The maximum Gasteiger partial charge on any atom is 0.337 e. The average molecular weight is 308 g/mol. The standard InChI is InChI=1S/C18H16N2O3/c1-11-6-7-14-15(17(21)20-16(14)8-11)10-19-13-5-3-4-12(9-13)18(22)23-2/h3-10,20-21H,1-2H3. The predicted molar refractivity (Wildman–Crippen MR) is 89.7 cm³/mol. The molecular weight excluding hydrogens is 292 g/mol. The van der Waals surface area contributed by atoms with Crippen molar-refractivity contribution in [2.75, 3.05) is 7.11 Å². The Balaban J connectivity index is 1.97. The van der Waals surface area contributed by atoms with Crippen molar-refractivity contribution in [3.05, 3.63) is 59.2 Å². The van der Waals surface area contributed by atoms with Gasteiger partial charge in [0.1, 0.15) is 0 Å². The SMILES string of the molecule is COC(=O)c1cccc(N=Cc2c(O)[nH]c3cc(C)ccc23)c1. The van der Waals surface area contributed by atoms with Crippen molar-refractivity contribution < 1.29 is 14.6 Å². The van der Waals surface area contributed by atoms with Crippen molar-refractivity contribution in [3.63, 3.8) is 0 Å². The van der Waals surface area contributed by atoms with Gasteiger partial charge in [-0.25, -0.2) is 4.79 Å². The summed E-state index contributed by atoms with van der Waals surface area (Å²) >= 11 is 0. The maximum atomic E-state index is 11.5. The van der Waals surface area contributed by atoms with Gasteiger partial charge < -0.3 is 14.8 Å². The molecule has 0 aliphatic rings. The smallest absolute Gasteiger partial charge is 0.337 e. The van der Waals surface area contributed by atoms with Gasteiger partial charge in [0.05, 0.1) is 23.9 Å². The fraction of sp³-hybridized carbons (Fsp3) is 0.111. The summed E-state index contributed by atoms with van der Waals surface area (Å²) in [6.45, 7) is 1.99. The minimum Gasteiger partial charge on any atom is -0.494 e. The van der Waals surface area contributed by atoms with Crippen LogP contribution >= 0.6 is 0 Å². The highest BCUT2D eigenvalue weighted by Crippen LogP contribution is 2.27. The quantitative estimate of drug-likeness (QED) is 0.572. The molecule has 5 nitrogen and oxygen atoms in total. The van der Waals surface area contributed by atoms with E-state index in [2.05, 4.69) is 9.98 Å². The lowest BCUT2D eigenvalue weighted by atomic mass is 10.1. The lowest BCUT2D eigenvalue weighted by Crippen LogP contribution is -1.99. The molecule has 0 unspecified atom stereocenters. The molecule has 5 heteroatoms. The molecule has 23 heavy (non-hydrogen) atoms. The number of rotatable bonds is 3. The van der Waals surface area contributed by atoms with Crippen LogP contribution in [-0.4, -0.2) is 29.4 Å². The van der Waals surface area contributed by atoms with Crippen molar-refractivity contribution >= 4 is 28.8 Å². The van der Waals surface area contributed by atoms with Crippen LogP contribution in [-0.2, 0) is 4.74 Å². The molecule has 2 N–H and O–H groups in total. The van der Waals surface area contributed by atoms with Gasteiger partial charge in [-0.3, -0.25) is 4.99 Å². The van der Waals surface area contributed by atoms with Crippen LogP contribution in [0.2, 0.25) is 0 Å². The molecule has 0 fully saturated rings. The third-order valence-electron chi connectivity index (χ3n) is 3.58. The van der Waals surface area contributed by atoms with Crippen LogP contribution in [0.5, 0.6) is 5.88 Å². The van der Waals surface area contributed by atoms with Crippen LogP contribution in [0.4, 0.5) is 5.69 Å². The first-order valence-corrected chi connectivity index (χ1v) is 7.12. The molecule has 116 valence electrons. The van der Waals surface area contributed by atoms with E-state index in [0.29, 0.717) is 16.8 Å². The van der Waals surface area contributed by atoms with E-state index in [0.717, 1.165) is 16.5 Å². The third-order valence-corrected chi connectivity index (χ3v) is 3.58. The predicted octanol–water partition coefficient (Wildman–Crippen LogP) is 3.72. The average Bonchev–Trinajstić information content (AvgIpc) is 2.86. The summed E-state index contributed by atoms with van der Waals surface area (Å²) in [5, 5.41) is 11.0. The van der Waals surface area contributed by atoms with E-state index in [1.54, 1.807) is 30.5 Å². The summed E-state index contributed by atoms with van der Waals surface area (Å²) in [5.41, 5.74) is 3.61. The van der Waals surface area contributed by atoms with Crippen LogP contribution < -0.4 is 0 Å². The highest BCUT2D eigenvalue weighted by Gasteiger charge is 2.09. The number of ether oxygens (including phenoxy) is 1. The number of esters is 1. The molecule has 0 radical (unpaired) electrons. The number of carbonyl (C=O) groups is 1. The number of nitrogens with zero attached hydrogens (tertiary/aromatic N) is 1. The molecule has 0 atom stereocenters. The molecule has 1 aromatic heterocycles. The molecule has 2 aromatic carbocycles. The number of H-pyrrole nitrogens is 1. The van der Waals surface area contributed by atoms with Gasteiger partial charge in [-0.15, -0.1) is 0 Å². The number of methoxy groups -OCH3 is 1. The molecule has 0 bridgehead atoms. The number of benzene rings is 2. The van der Waals surface area contributed by atoms with Gasteiger partial charge in [-0.05, 0) is 36.8 Å². The number of aromatic nitrogens is 1. The monoisotopic (exact) mass is 308 g/mol. The lowest BCUT2D eigenvalue weighted by molar-refractivity contribution is 0.0601. The number of aryl methyl sites for hydroxylation is 1. The van der Waals surface area contributed by atoms with Gasteiger partial charge in [0.2, 0.25) is 0 Å². The summed E-state index contributed by atoms with van der Waals surface area (Å²) in [6.07, 6.45) is 1.58. The van der Waals surface area contributed by atoms with Crippen molar-refractivity contribution in [1.29, 1.82) is 0 Å². The van der Waals surface area contributed by atoms with Gasteiger partial charge in [-0.2, -0.15) is 0 Å². The number of carbonyl (C=O) groups excluding carboxylic acids is 1. The zero-order valence-corrected chi connectivity index (χ0v) is 12.8. The molecule has 3 aromatic rings.